The predicted octanol–water partition coefficient (Wildman–Crippen LogP) is 4.88. The van der Waals surface area contributed by atoms with Gasteiger partial charge < -0.3 is 5.32 Å². The lowest BCUT2D eigenvalue weighted by atomic mass is 9.99. The maximum absolute atomic E-state index is 13.3. The summed E-state index contributed by atoms with van der Waals surface area (Å²) >= 11 is 9.43. The van der Waals surface area contributed by atoms with Crippen LogP contribution in [-0.2, 0) is 6.42 Å². The zero-order valence-electron chi connectivity index (χ0n) is 10.8. The van der Waals surface area contributed by atoms with Gasteiger partial charge in [0, 0.05) is 15.5 Å². The molecule has 2 rings (SSSR count). The van der Waals surface area contributed by atoms with Gasteiger partial charge >= 0.3 is 0 Å². The molecule has 20 heavy (non-hydrogen) atoms. The van der Waals surface area contributed by atoms with Crippen LogP contribution in [0.3, 0.4) is 0 Å². The molecule has 0 aliphatic heterocycles. The van der Waals surface area contributed by atoms with Crippen LogP contribution in [0.2, 0.25) is 5.02 Å². The van der Waals surface area contributed by atoms with Crippen LogP contribution < -0.4 is 5.32 Å². The number of rotatable bonds is 4. The van der Waals surface area contributed by atoms with E-state index in [2.05, 4.69) is 21.2 Å². The summed E-state index contributed by atoms with van der Waals surface area (Å²) in [6, 6.07) is 8.71. The number of hydrogen-bond acceptors (Lipinski definition) is 1. The molecule has 0 amide bonds. The number of hydrogen-bond donors (Lipinski definition) is 1. The van der Waals surface area contributed by atoms with Crippen LogP contribution in [0, 0.1) is 11.6 Å². The van der Waals surface area contributed by atoms with Crippen molar-refractivity contribution in [2.45, 2.75) is 12.5 Å². The summed E-state index contributed by atoms with van der Waals surface area (Å²) in [6.45, 7) is 0. The van der Waals surface area contributed by atoms with Crippen molar-refractivity contribution in [3.8, 4) is 0 Å². The Morgan fingerprint density at radius 2 is 1.80 bits per heavy atom. The minimum Gasteiger partial charge on any atom is -0.313 e. The molecule has 106 valence electrons. The summed E-state index contributed by atoms with van der Waals surface area (Å²) in [5.41, 5.74) is 1.61. The topological polar surface area (TPSA) is 12.0 Å². The van der Waals surface area contributed by atoms with Gasteiger partial charge in [-0.2, -0.15) is 0 Å². The van der Waals surface area contributed by atoms with Gasteiger partial charge in [-0.25, -0.2) is 8.78 Å². The standard InChI is InChI=1S/C15H13BrClF2N/c1-20-15(12-4-2-11(19)8-13(12)16)7-9-6-10(18)3-5-14(9)17/h2-6,8,15,20H,7H2,1H3. The molecule has 0 aromatic heterocycles. The average molecular weight is 361 g/mol. The van der Waals surface area contributed by atoms with Crippen molar-refractivity contribution in [2.24, 2.45) is 0 Å². The van der Waals surface area contributed by atoms with E-state index in [1.54, 1.807) is 19.2 Å². The normalized spacial score (nSPS) is 12.4. The highest BCUT2D eigenvalue weighted by Gasteiger charge is 2.16. The van der Waals surface area contributed by atoms with Gasteiger partial charge in [0.15, 0.2) is 0 Å². The molecule has 1 N–H and O–H groups in total. The molecule has 1 unspecified atom stereocenters. The molecule has 0 heterocycles. The van der Waals surface area contributed by atoms with Gasteiger partial charge in [0.25, 0.3) is 0 Å². The van der Waals surface area contributed by atoms with Gasteiger partial charge in [-0.05, 0) is 54.9 Å². The molecule has 2 aromatic rings. The van der Waals surface area contributed by atoms with Crippen LogP contribution in [0.1, 0.15) is 17.2 Å². The highest BCUT2D eigenvalue weighted by atomic mass is 79.9. The quantitative estimate of drug-likeness (QED) is 0.819. The number of likely N-dealkylation sites (N-methyl/N-ethyl adjacent to an activating group) is 1. The summed E-state index contributed by atoms with van der Waals surface area (Å²) in [4.78, 5) is 0. The van der Waals surface area contributed by atoms with Crippen LogP contribution in [0.5, 0.6) is 0 Å². The highest BCUT2D eigenvalue weighted by molar-refractivity contribution is 9.10. The Labute approximate surface area is 130 Å². The largest absolute Gasteiger partial charge is 0.313 e. The van der Waals surface area contributed by atoms with Gasteiger partial charge in [0.1, 0.15) is 11.6 Å². The molecule has 0 fully saturated rings. The van der Waals surface area contributed by atoms with Crippen LogP contribution >= 0.6 is 27.5 Å². The van der Waals surface area contributed by atoms with Crippen molar-refractivity contribution >= 4 is 27.5 Å². The molecule has 2 aromatic carbocycles. The summed E-state index contributed by atoms with van der Waals surface area (Å²) in [6.07, 6.45) is 0.511. The lowest BCUT2D eigenvalue weighted by Gasteiger charge is -2.19. The van der Waals surface area contributed by atoms with E-state index in [4.69, 9.17) is 11.6 Å². The molecule has 5 heteroatoms. The first kappa shape index (κ1) is 15.4. The van der Waals surface area contributed by atoms with E-state index < -0.39 is 0 Å². The minimum atomic E-state index is -0.322. The Bertz CT molecular complexity index is 619. The highest BCUT2D eigenvalue weighted by Crippen LogP contribution is 2.29. The summed E-state index contributed by atoms with van der Waals surface area (Å²) < 4.78 is 27.1. The van der Waals surface area contributed by atoms with Crippen molar-refractivity contribution < 1.29 is 8.78 Å². The monoisotopic (exact) mass is 359 g/mol. The van der Waals surface area contributed by atoms with Gasteiger partial charge in [-0.1, -0.05) is 33.6 Å². The summed E-state index contributed by atoms with van der Waals surface area (Å²) in [7, 11) is 1.80. The first-order chi connectivity index (χ1) is 9.51. The zero-order valence-corrected chi connectivity index (χ0v) is 13.1. The molecule has 0 radical (unpaired) electrons. The van der Waals surface area contributed by atoms with Gasteiger partial charge in [-0.3, -0.25) is 0 Å². The molecule has 1 nitrogen and oxygen atoms in total. The van der Waals surface area contributed by atoms with E-state index in [1.165, 1.54) is 24.3 Å². The van der Waals surface area contributed by atoms with Crippen molar-refractivity contribution in [3.63, 3.8) is 0 Å². The molecule has 0 saturated heterocycles. The zero-order chi connectivity index (χ0) is 14.7. The van der Waals surface area contributed by atoms with Gasteiger partial charge in [0.2, 0.25) is 0 Å². The minimum absolute atomic E-state index is 0.0933. The molecule has 0 saturated carbocycles. The molecule has 0 spiro atoms. The Balaban J connectivity index is 2.31. The molecule has 0 bridgehead atoms. The Morgan fingerprint density at radius 1 is 1.15 bits per heavy atom. The smallest absolute Gasteiger partial charge is 0.124 e. The fraction of sp³-hybridized carbons (Fsp3) is 0.200. The third kappa shape index (κ3) is 3.57. The first-order valence-corrected chi connectivity index (χ1v) is 7.24. The number of nitrogens with one attached hydrogen (secondary N) is 1. The molecular weight excluding hydrogens is 348 g/mol. The predicted molar refractivity (Wildman–Crippen MR) is 81.0 cm³/mol. The second-order valence-electron chi connectivity index (χ2n) is 4.45. The molecule has 0 aliphatic carbocycles. The number of benzene rings is 2. The Morgan fingerprint density at radius 3 is 2.45 bits per heavy atom. The van der Waals surface area contributed by atoms with Crippen LogP contribution in [0.25, 0.3) is 0 Å². The fourth-order valence-corrected chi connectivity index (χ4v) is 2.89. The van der Waals surface area contributed by atoms with E-state index >= 15 is 0 Å². The second kappa shape index (κ2) is 6.66. The summed E-state index contributed by atoms with van der Waals surface area (Å²) in [5.74, 6) is -0.628. The van der Waals surface area contributed by atoms with E-state index in [9.17, 15) is 8.78 Å². The molecule has 1 atom stereocenters. The lowest BCUT2D eigenvalue weighted by molar-refractivity contribution is 0.577. The van der Waals surface area contributed by atoms with E-state index in [1.807, 2.05) is 0 Å². The van der Waals surface area contributed by atoms with Gasteiger partial charge in [-0.15, -0.1) is 0 Å². The van der Waals surface area contributed by atoms with Crippen molar-refractivity contribution in [1.82, 2.24) is 5.32 Å². The maximum atomic E-state index is 13.3. The van der Waals surface area contributed by atoms with E-state index in [0.29, 0.717) is 21.5 Å². The van der Waals surface area contributed by atoms with Crippen LogP contribution in [-0.4, -0.2) is 7.05 Å². The van der Waals surface area contributed by atoms with Crippen LogP contribution in [0.15, 0.2) is 40.9 Å². The van der Waals surface area contributed by atoms with Crippen molar-refractivity contribution in [1.29, 1.82) is 0 Å². The SMILES string of the molecule is CNC(Cc1cc(F)ccc1Cl)c1ccc(F)cc1Br. The third-order valence-corrected chi connectivity index (χ3v) is 4.17. The first-order valence-electron chi connectivity index (χ1n) is 6.07. The Hall–Kier alpha value is -0.970. The fourth-order valence-electron chi connectivity index (χ4n) is 2.07. The van der Waals surface area contributed by atoms with Crippen molar-refractivity contribution in [2.75, 3.05) is 7.05 Å². The molecular formula is C15H13BrClF2N. The molecule has 0 aliphatic rings. The number of halogens is 4. The summed E-state index contributed by atoms with van der Waals surface area (Å²) in [5, 5.41) is 3.66. The van der Waals surface area contributed by atoms with Crippen LogP contribution in [0.4, 0.5) is 8.78 Å². The van der Waals surface area contributed by atoms with Crippen molar-refractivity contribution in [3.05, 3.63) is 68.7 Å². The average Bonchev–Trinajstić information content (AvgIpc) is 2.40. The lowest BCUT2D eigenvalue weighted by Crippen LogP contribution is -2.19. The Kier molecular flexibility index (Phi) is 5.13. The maximum Gasteiger partial charge on any atom is 0.124 e. The third-order valence-electron chi connectivity index (χ3n) is 3.12. The second-order valence-corrected chi connectivity index (χ2v) is 5.71. The van der Waals surface area contributed by atoms with E-state index in [0.717, 1.165) is 5.56 Å². The van der Waals surface area contributed by atoms with E-state index in [-0.39, 0.29) is 17.7 Å². The van der Waals surface area contributed by atoms with Gasteiger partial charge in [0.05, 0.1) is 0 Å².